The average molecular weight is 649 g/mol. The Balaban J connectivity index is 1.36. The second-order valence-electron chi connectivity index (χ2n) is 12.5. The number of carbonyl (C=O) groups excluding carboxylic acids is 1. The lowest BCUT2D eigenvalue weighted by Crippen LogP contribution is -2.32. The van der Waals surface area contributed by atoms with Crippen LogP contribution in [0.15, 0.2) is 48.5 Å². The van der Waals surface area contributed by atoms with Crippen LogP contribution in [0.1, 0.15) is 97.0 Å². The van der Waals surface area contributed by atoms with Gasteiger partial charge in [-0.3, -0.25) is 9.88 Å². The summed E-state index contributed by atoms with van der Waals surface area (Å²) in [4.78, 5) is 19.4. The molecule has 0 radical (unpaired) electrons. The van der Waals surface area contributed by atoms with Crippen LogP contribution in [0, 0.1) is 0 Å². The normalized spacial score (nSPS) is 23.8. The Morgan fingerprint density at radius 3 is 2.07 bits per heavy atom. The maximum Gasteiger partial charge on any atom is 0.416 e. The van der Waals surface area contributed by atoms with Gasteiger partial charge in [-0.05, 0) is 98.9 Å². The average Bonchev–Trinajstić information content (AvgIpc) is 3.83. The van der Waals surface area contributed by atoms with Gasteiger partial charge in [-0.1, -0.05) is 12.1 Å². The van der Waals surface area contributed by atoms with Crippen LogP contribution in [0.25, 0.3) is 11.1 Å². The van der Waals surface area contributed by atoms with Crippen LogP contribution in [0.2, 0.25) is 0 Å². The predicted octanol–water partition coefficient (Wildman–Crippen LogP) is 8.77. The first kappa shape index (κ1) is 32.2. The van der Waals surface area contributed by atoms with Crippen molar-refractivity contribution in [2.45, 2.75) is 94.4 Å². The van der Waals surface area contributed by atoms with Gasteiger partial charge in [-0.15, -0.1) is 0 Å². The molecular weight excluding hydrogens is 614 g/mol. The zero-order valence-corrected chi connectivity index (χ0v) is 25.3. The highest BCUT2D eigenvalue weighted by Crippen LogP contribution is 2.44. The molecule has 2 aromatic carbocycles. The van der Waals surface area contributed by atoms with Gasteiger partial charge in [0.1, 0.15) is 11.9 Å². The van der Waals surface area contributed by atoms with Gasteiger partial charge in [0.25, 0.3) is 0 Å². The number of ether oxygens (including phenoxy) is 2. The van der Waals surface area contributed by atoms with Crippen LogP contribution in [0.5, 0.6) is 5.75 Å². The summed E-state index contributed by atoms with van der Waals surface area (Å²) in [5.74, 6) is 1.11. The first-order valence-corrected chi connectivity index (χ1v) is 15.4. The molecule has 2 heterocycles. The topological polar surface area (TPSA) is 71.9 Å². The number of hydrogen-bond acceptors (Lipinski definition) is 5. The van der Waals surface area contributed by atoms with Crippen LogP contribution < -0.4 is 4.74 Å². The number of halogens is 6. The molecule has 6 rings (SSSR count). The van der Waals surface area contributed by atoms with Crippen LogP contribution in [0.3, 0.4) is 0 Å². The molecule has 1 saturated heterocycles. The first-order valence-electron chi connectivity index (χ1n) is 15.4. The maximum absolute atomic E-state index is 13.6. The van der Waals surface area contributed by atoms with E-state index in [2.05, 4.69) is 0 Å². The lowest BCUT2D eigenvalue weighted by molar-refractivity contribution is -0.143. The monoisotopic (exact) mass is 648 g/mol. The molecule has 1 aliphatic heterocycles. The number of rotatable bonds is 7. The number of carbonyl (C=O) groups is 1. The zero-order chi connectivity index (χ0) is 33.0. The lowest BCUT2D eigenvalue weighted by atomic mass is 9.82. The van der Waals surface area contributed by atoms with Gasteiger partial charge in [0.15, 0.2) is 0 Å². The summed E-state index contributed by atoms with van der Waals surface area (Å²) < 4.78 is 92.7. The van der Waals surface area contributed by atoms with E-state index in [-0.39, 0.29) is 30.6 Å². The number of methoxy groups -OCH3 is 1. The number of nitrogens with zero attached hydrogens (tertiary/aromatic N) is 2. The molecule has 2 atom stereocenters. The molecule has 3 aromatic rings. The van der Waals surface area contributed by atoms with Gasteiger partial charge < -0.3 is 14.6 Å². The van der Waals surface area contributed by atoms with Crippen molar-refractivity contribution in [3.63, 3.8) is 0 Å². The van der Waals surface area contributed by atoms with Crippen molar-refractivity contribution in [1.82, 2.24) is 9.88 Å². The standard InChI is InChI=1S/C34H34F6N2O4/c1-18-31(22-13-23(33(35,36)37)16-24(14-22)34(38,39)40)46-32(44)42(18)17-29-26(10-11-28(41-29)20-3-4-20)27-15-21(7-12-30(27)45-2)19-5-8-25(43)9-6-19/h7,10-16,18-20,25,31,43H,3-6,8-9,17H2,1-2H3/t18-,19?,25?,31-/m0/s1. The maximum atomic E-state index is 13.6. The van der Waals surface area contributed by atoms with Crippen molar-refractivity contribution >= 4 is 6.09 Å². The number of benzene rings is 2. The largest absolute Gasteiger partial charge is 0.496 e. The Hall–Kier alpha value is -3.80. The highest BCUT2D eigenvalue weighted by molar-refractivity contribution is 5.75. The minimum Gasteiger partial charge on any atom is -0.496 e. The van der Waals surface area contributed by atoms with Gasteiger partial charge in [-0.25, -0.2) is 4.79 Å². The van der Waals surface area contributed by atoms with Crippen molar-refractivity contribution in [2.24, 2.45) is 0 Å². The molecule has 0 unspecified atom stereocenters. The van der Waals surface area contributed by atoms with E-state index in [0.29, 0.717) is 42.0 Å². The summed E-state index contributed by atoms with van der Waals surface area (Å²) in [5, 5.41) is 10.00. The van der Waals surface area contributed by atoms with E-state index in [4.69, 9.17) is 14.5 Å². The number of alkyl halides is 6. The molecule has 2 saturated carbocycles. The Labute approximate surface area is 262 Å². The summed E-state index contributed by atoms with van der Waals surface area (Å²) in [6.07, 6.45) is -7.57. The summed E-state index contributed by atoms with van der Waals surface area (Å²) in [7, 11) is 1.55. The van der Waals surface area contributed by atoms with Gasteiger partial charge in [0, 0.05) is 22.7 Å². The van der Waals surface area contributed by atoms with Gasteiger partial charge in [0.05, 0.1) is 42.6 Å². The second kappa shape index (κ2) is 12.1. The van der Waals surface area contributed by atoms with E-state index in [0.717, 1.165) is 42.5 Å². The third-order valence-corrected chi connectivity index (χ3v) is 9.32. The predicted molar refractivity (Wildman–Crippen MR) is 156 cm³/mol. The van der Waals surface area contributed by atoms with Gasteiger partial charge >= 0.3 is 18.4 Å². The van der Waals surface area contributed by atoms with Gasteiger partial charge in [0.2, 0.25) is 0 Å². The number of hydrogen-bond donors (Lipinski definition) is 1. The third kappa shape index (κ3) is 6.54. The Kier molecular flexibility index (Phi) is 8.45. The summed E-state index contributed by atoms with van der Waals surface area (Å²) in [6.45, 7) is 1.45. The molecule has 2 aliphatic carbocycles. The molecule has 0 spiro atoms. The van der Waals surface area contributed by atoms with Crippen molar-refractivity contribution in [3.8, 4) is 16.9 Å². The van der Waals surface area contributed by atoms with Crippen molar-refractivity contribution in [3.05, 3.63) is 82.2 Å². The van der Waals surface area contributed by atoms with Crippen LogP contribution in [-0.4, -0.2) is 40.3 Å². The minimum absolute atomic E-state index is 0.0548. The Morgan fingerprint density at radius 2 is 1.48 bits per heavy atom. The SMILES string of the molecule is COc1ccc(C2CCC(O)CC2)cc1-c1ccc(C2CC2)nc1CN1C(=O)O[C@H](c2cc(C(F)(F)F)cc(C(F)(F)F)c2)[C@@H]1C. The highest BCUT2D eigenvalue weighted by atomic mass is 19.4. The molecule has 1 aromatic heterocycles. The first-order chi connectivity index (χ1) is 21.7. The quantitative estimate of drug-likeness (QED) is 0.260. The number of pyridine rings is 1. The number of cyclic esters (lactones) is 1. The summed E-state index contributed by atoms with van der Waals surface area (Å²) in [5.41, 5.74) is 0.555. The number of amides is 1. The Bertz CT molecular complexity index is 1580. The molecule has 246 valence electrons. The third-order valence-electron chi connectivity index (χ3n) is 9.32. The van der Waals surface area contributed by atoms with Crippen LogP contribution >= 0.6 is 0 Å². The van der Waals surface area contributed by atoms with E-state index in [1.54, 1.807) is 7.11 Å². The van der Waals surface area contributed by atoms with Crippen molar-refractivity contribution in [2.75, 3.05) is 7.11 Å². The second-order valence-corrected chi connectivity index (χ2v) is 12.5. The molecule has 0 bridgehead atoms. The van der Waals surface area contributed by atoms with Crippen molar-refractivity contribution in [1.29, 1.82) is 0 Å². The smallest absolute Gasteiger partial charge is 0.416 e. The fourth-order valence-electron chi connectivity index (χ4n) is 6.55. The number of aliphatic hydroxyl groups excluding tert-OH is 1. The fourth-order valence-corrected chi connectivity index (χ4v) is 6.55. The molecule has 1 N–H and O–H groups in total. The zero-order valence-electron chi connectivity index (χ0n) is 25.3. The van der Waals surface area contributed by atoms with Crippen molar-refractivity contribution < 1.29 is 45.7 Å². The number of aromatic nitrogens is 1. The van der Waals surface area contributed by atoms with Crippen LogP contribution in [0.4, 0.5) is 31.1 Å². The van der Waals surface area contributed by atoms with E-state index in [1.165, 1.54) is 11.8 Å². The molecule has 3 fully saturated rings. The molecule has 3 aliphatic rings. The summed E-state index contributed by atoms with van der Waals surface area (Å²) in [6, 6.07) is 10.1. The van der Waals surface area contributed by atoms with E-state index in [9.17, 15) is 36.2 Å². The van der Waals surface area contributed by atoms with Crippen LogP contribution in [-0.2, 0) is 23.6 Å². The highest BCUT2D eigenvalue weighted by Gasteiger charge is 2.44. The summed E-state index contributed by atoms with van der Waals surface area (Å²) >= 11 is 0. The van der Waals surface area contributed by atoms with E-state index < -0.39 is 47.3 Å². The van der Waals surface area contributed by atoms with Gasteiger partial charge in [-0.2, -0.15) is 26.3 Å². The molecule has 46 heavy (non-hydrogen) atoms. The minimum atomic E-state index is -5.03. The Morgan fingerprint density at radius 1 is 0.848 bits per heavy atom. The fraction of sp³-hybridized carbons (Fsp3) is 0.471. The van der Waals surface area contributed by atoms with E-state index >= 15 is 0 Å². The molecule has 12 heteroatoms. The molecular formula is C34H34F6N2O4. The molecule has 1 amide bonds. The number of aliphatic hydroxyl groups is 1. The lowest BCUT2D eigenvalue weighted by Gasteiger charge is -2.27. The van der Waals surface area contributed by atoms with E-state index in [1.807, 2.05) is 30.3 Å². The molecule has 6 nitrogen and oxygen atoms in total.